The van der Waals surface area contributed by atoms with Crippen molar-refractivity contribution in [3.63, 3.8) is 0 Å². The molecule has 20 heavy (non-hydrogen) atoms. The van der Waals surface area contributed by atoms with Gasteiger partial charge in [0.1, 0.15) is 17.2 Å². The van der Waals surface area contributed by atoms with Crippen LogP contribution in [0.3, 0.4) is 0 Å². The van der Waals surface area contributed by atoms with Crippen molar-refractivity contribution in [2.75, 3.05) is 11.4 Å². The van der Waals surface area contributed by atoms with Crippen LogP contribution in [0.2, 0.25) is 0 Å². The van der Waals surface area contributed by atoms with Crippen LogP contribution < -0.4 is 4.90 Å². The normalized spacial score (nSPS) is 10.3. The van der Waals surface area contributed by atoms with Gasteiger partial charge in [-0.15, -0.1) is 0 Å². The number of carboxylic acids is 1. The van der Waals surface area contributed by atoms with Crippen molar-refractivity contribution in [3.8, 4) is 0 Å². The molecule has 0 unspecified atom stereocenters. The minimum atomic E-state index is -1.20. The zero-order chi connectivity index (χ0) is 14.7. The summed E-state index contributed by atoms with van der Waals surface area (Å²) in [7, 11) is 0. The summed E-state index contributed by atoms with van der Waals surface area (Å²) in [5.74, 6) is -1.61. The van der Waals surface area contributed by atoms with E-state index < -0.39 is 11.8 Å². The largest absolute Gasteiger partial charge is 0.478 e. The maximum absolute atomic E-state index is 13.2. The lowest BCUT2D eigenvalue weighted by Crippen LogP contribution is -2.21. The predicted octanol–water partition coefficient (Wildman–Crippen LogP) is 3.39. The molecule has 0 bridgehead atoms. The highest BCUT2D eigenvalue weighted by atomic mass is 19.1. The number of para-hydroxylation sites is 1. The summed E-state index contributed by atoms with van der Waals surface area (Å²) in [6.07, 6.45) is 1.03. The third kappa shape index (κ3) is 2.61. The molecule has 0 radical (unpaired) electrons. The average molecular weight is 274 g/mol. The zero-order valence-electron chi connectivity index (χ0n) is 11.3. The fourth-order valence-corrected chi connectivity index (χ4v) is 2.11. The summed E-state index contributed by atoms with van der Waals surface area (Å²) in [5, 5.41) is 9.22. The summed E-state index contributed by atoms with van der Waals surface area (Å²) < 4.78 is 13.2. The summed E-state index contributed by atoms with van der Waals surface area (Å²) >= 11 is 0. The lowest BCUT2D eigenvalue weighted by Gasteiger charge is -2.25. The highest BCUT2D eigenvalue weighted by Crippen LogP contribution is 2.29. The molecule has 0 aliphatic rings. The highest BCUT2D eigenvalue weighted by Gasteiger charge is 2.19. The fraction of sp³-hybridized carbons (Fsp3) is 0.200. The Hall–Kier alpha value is -2.43. The first-order chi connectivity index (χ1) is 9.54. The molecular weight excluding hydrogens is 259 g/mol. The van der Waals surface area contributed by atoms with Crippen LogP contribution in [0.15, 0.2) is 36.5 Å². The van der Waals surface area contributed by atoms with Crippen molar-refractivity contribution in [3.05, 3.63) is 53.5 Å². The summed E-state index contributed by atoms with van der Waals surface area (Å²) in [6.45, 7) is 4.36. The van der Waals surface area contributed by atoms with Crippen molar-refractivity contribution >= 4 is 17.5 Å². The van der Waals surface area contributed by atoms with Gasteiger partial charge >= 0.3 is 5.97 Å². The van der Waals surface area contributed by atoms with Gasteiger partial charge in [-0.25, -0.2) is 14.2 Å². The van der Waals surface area contributed by atoms with E-state index in [-0.39, 0.29) is 11.4 Å². The molecule has 4 nitrogen and oxygen atoms in total. The molecule has 0 aliphatic heterocycles. The summed E-state index contributed by atoms with van der Waals surface area (Å²) in [4.78, 5) is 17.0. The average Bonchev–Trinajstić information content (AvgIpc) is 2.42. The minimum absolute atomic E-state index is 0.143. The van der Waals surface area contributed by atoms with E-state index in [1.54, 1.807) is 4.90 Å². The van der Waals surface area contributed by atoms with Crippen molar-refractivity contribution < 1.29 is 14.3 Å². The van der Waals surface area contributed by atoms with Crippen molar-refractivity contribution in [1.82, 2.24) is 4.98 Å². The minimum Gasteiger partial charge on any atom is -0.478 e. The van der Waals surface area contributed by atoms with Gasteiger partial charge in [-0.3, -0.25) is 0 Å². The Morgan fingerprint density at radius 3 is 2.70 bits per heavy atom. The number of carbonyl (C=O) groups is 1. The van der Waals surface area contributed by atoms with Gasteiger partial charge in [0, 0.05) is 12.2 Å². The number of hydrogen-bond donors (Lipinski definition) is 1. The Labute approximate surface area is 116 Å². The van der Waals surface area contributed by atoms with Crippen LogP contribution in [0, 0.1) is 12.7 Å². The molecule has 2 rings (SSSR count). The number of halogens is 1. The van der Waals surface area contributed by atoms with Gasteiger partial charge in [-0.2, -0.15) is 0 Å². The van der Waals surface area contributed by atoms with Gasteiger partial charge in [-0.05, 0) is 31.5 Å². The first-order valence-corrected chi connectivity index (χ1v) is 6.26. The Balaban J connectivity index is 2.58. The zero-order valence-corrected chi connectivity index (χ0v) is 11.3. The molecule has 0 fully saturated rings. The molecule has 104 valence electrons. The number of hydrogen-bond acceptors (Lipinski definition) is 3. The number of aryl methyl sites for hydroxylation is 1. The van der Waals surface area contributed by atoms with Crippen LogP contribution in [0.5, 0.6) is 0 Å². The van der Waals surface area contributed by atoms with Crippen LogP contribution in [0.1, 0.15) is 22.8 Å². The maximum atomic E-state index is 13.2. The topological polar surface area (TPSA) is 53.4 Å². The van der Waals surface area contributed by atoms with Crippen molar-refractivity contribution in [2.24, 2.45) is 0 Å². The second-order valence-corrected chi connectivity index (χ2v) is 4.36. The molecule has 1 aromatic heterocycles. The number of carboxylic acid groups (broad SMARTS) is 1. The molecule has 1 aromatic carbocycles. The van der Waals surface area contributed by atoms with Crippen LogP contribution >= 0.6 is 0 Å². The molecule has 0 aliphatic carbocycles. The Kier molecular flexibility index (Phi) is 3.98. The van der Waals surface area contributed by atoms with Crippen molar-refractivity contribution in [1.29, 1.82) is 0 Å². The Bertz CT molecular complexity index is 644. The smallest absolute Gasteiger partial charge is 0.339 e. The molecule has 0 atom stereocenters. The van der Waals surface area contributed by atoms with E-state index in [1.807, 2.05) is 38.1 Å². The molecule has 0 saturated carbocycles. The molecule has 0 saturated heterocycles. The second-order valence-electron chi connectivity index (χ2n) is 4.36. The van der Waals surface area contributed by atoms with Gasteiger partial charge in [0.15, 0.2) is 0 Å². The van der Waals surface area contributed by atoms with Crippen LogP contribution in [-0.2, 0) is 0 Å². The third-order valence-electron chi connectivity index (χ3n) is 3.04. The molecule has 1 N–H and O–H groups in total. The molecular formula is C15H15FN2O2. The summed E-state index contributed by atoms with van der Waals surface area (Å²) in [5.41, 5.74) is 1.71. The number of anilines is 2. The lowest BCUT2D eigenvalue weighted by atomic mass is 10.1. The third-order valence-corrected chi connectivity index (χ3v) is 3.04. The highest BCUT2D eigenvalue weighted by molar-refractivity contribution is 5.94. The fourth-order valence-electron chi connectivity index (χ4n) is 2.11. The van der Waals surface area contributed by atoms with E-state index in [1.165, 1.54) is 0 Å². The van der Waals surface area contributed by atoms with Gasteiger partial charge in [0.25, 0.3) is 0 Å². The number of aromatic carboxylic acids is 1. The Morgan fingerprint density at radius 1 is 1.40 bits per heavy atom. The summed E-state index contributed by atoms with van der Waals surface area (Å²) in [6, 6.07) is 8.58. The number of rotatable bonds is 4. The van der Waals surface area contributed by atoms with E-state index in [0.29, 0.717) is 6.54 Å². The van der Waals surface area contributed by atoms with E-state index in [2.05, 4.69) is 4.98 Å². The SMILES string of the molecule is CCN(c1ccccc1C)c1ncc(F)cc1C(=O)O. The number of pyridine rings is 1. The number of nitrogens with zero attached hydrogens (tertiary/aromatic N) is 2. The molecule has 1 heterocycles. The number of benzene rings is 1. The van der Waals surface area contributed by atoms with Crippen LogP contribution in [0.4, 0.5) is 15.9 Å². The van der Waals surface area contributed by atoms with Gasteiger partial charge in [0.2, 0.25) is 0 Å². The van der Waals surface area contributed by atoms with Gasteiger partial charge in [0.05, 0.1) is 6.20 Å². The number of aromatic nitrogens is 1. The van der Waals surface area contributed by atoms with Crippen LogP contribution in [0.25, 0.3) is 0 Å². The molecule has 2 aromatic rings. The van der Waals surface area contributed by atoms with Gasteiger partial charge < -0.3 is 10.0 Å². The van der Waals surface area contributed by atoms with E-state index in [4.69, 9.17) is 0 Å². The van der Waals surface area contributed by atoms with E-state index in [0.717, 1.165) is 23.5 Å². The van der Waals surface area contributed by atoms with E-state index >= 15 is 0 Å². The quantitative estimate of drug-likeness (QED) is 0.928. The van der Waals surface area contributed by atoms with Gasteiger partial charge in [-0.1, -0.05) is 18.2 Å². The molecule has 5 heteroatoms. The van der Waals surface area contributed by atoms with E-state index in [9.17, 15) is 14.3 Å². The first kappa shape index (κ1) is 14.0. The molecule has 0 spiro atoms. The maximum Gasteiger partial charge on any atom is 0.339 e. The monoisotopic (exact) mass is 274 g/mol. The second kappa shape index (κ2) is 5.69. The predicted molar refractivity (Wildman–Crippen MR) is 75.0 cm³/mol. The van der Waals surface area contributed by atoms with Crippen LogP contribution in [-0.4, -0.2) is 22.6 Å². The lowest BCUT2D eigenvalue weighted by molar-refractivity contribution is 0.0696. The molecule has 0 amide bonds. The van der Waals surface area contributed by atoms with Crippen molar-refractivity contribution in [2.45, 2.75) is 13.8 Å². The Morgan fingerprint density at radius 2 is 2.10 bits per heavy atom. The first-order valence-electron chi connectivity index (χ1n) is 6.26. The standard InChI is InChI=1S/C15H15FN2O2/c1-3-18(13-7-5-4-6-10(13)2)14-12(15(19)20)8-11(16)9-17-14/h4-9H,3H2,1-2H3,(H,19,20).